The van der Waals surface area contributed by atoms with E-state index in [1.54, 1.807) is 0 Å². The molecule has 5 nitrogen and oxygen atoms in total. The average molecular weight is 215 g/mol. The first-order chi connectivity index (χ1) is 7.24. The minimum Gasteiger partial charge on any atom is -0.378 e. The first-order valence-corrected chi connectivity index (χ1v) is 5.48. The predicted octanol–water partition coefficient (Wildman–Crippen LogP) is -0.874. The molecule has 15 heavy (non-hydrogen) atoms. The molecule has 0 aromatic rings. The summed E-state index contributed by atoms with van der Waals surface area (Å²) in [7, 11) is 1.95. The topological polar surface area (TPSA) is 58.8 Å². The zero-order valence-corrected chi connectivity index (χ0v) is 9.45. The van der Waals surface area contributed by atoms with Gasteiger partial charge >= 0.3 is 0 Å². The van der Waals surface area contributed by atoms with Crippen molar-refractivity contribution in [2.45, 2.75) is 6.42 Å². The minimum absolute atomic E-state index is 0.192. The van der Waals surface area contributed by atoms with Crippen LogP contribution >= 0.6 is 0 Å². The summed E-state index contributed by atoms with van der Waals surface area (Å²) >= 11 is 0. The molecule has 0 saturated carbocycles. The lowest BCUT2D eigenvalue weighted by molar-refractivity contribution is -0.136. The van der Waals surface area contributed by atoms with Crippen LogP contribution in [0.5, 0.6) is 0 Å². The van der Waals surface area contributed by atoms with Crippen molar-refractivity contribution in [2.24, 2.45) is 5.73 Å². The van der Waals surface area contributed by atoms with Crippen molar-refractivity contribution in [3.8, 4) is 0 Å². The molecule has 2 N–H and O–H groups in total. The molecule has 0 aromatic heterocycles. The Labute approximate surface area is 91.2 Å². The first kappa shape index (κ1) is 12.4. The maximum absolute atomic E-state index is 11.8. The van der Waals surface area contributed by atoms with Crippen LogP contribution in [0.3, 0.4) is 0 Å². The molecule has 0 aliphatic carbocycles. The first-order valence-electron chi connectivity index (χ1n) is 5.48. The standard InChI is InChI=1S/C10H21N3O2/c1-12(4-2-3-11)9-10(14)13-5-7-15-8-6-13/h2-9,11H2,1H3. The SMILES string of the molecule is CN(CCCN)CC(=O)N1CCOCC1. The molecule has 1 rings (SSSR count). The molecule has 1 amide bonds. The van der Waals surface area contributed by atoms with Crippen molar-refractivity contribution in [3.05, 3.63) is 0 Å². The molecule has 1 fully saturated rings. The third-order valence-electron chi connectivity index (χ3n) is 2.51. The molecular formula is C10H21N3O2. The fourth-order valence-corrected chi connectivity index (χ4v) is 1.58. The van der Waals surface area contributed by atoms with E-state index in [2.05, 4.69) is 0 Å². The van der Waals surface area contributed by atoms with Gasteiger partial charge in [-0.15, -0.1) is 0 Å². The van der Waals surface area contributed by atoms with Gasteiger partial charge in [-0.05, 0) is 26.6 Å². The van der Waals surface area contributed by atoms with Crippen LogP contribution in [-0.4, -0.2) is 68.7 Å². The third kappa shape index (κ3) is 4.59. The smallest absolute Gasteiger partial charge is 0.236 e. The lowest BCUT2D eigenvalue weighted by Gasteiger charge is -2.28. The Morgan fingerprint density at radius 1 is 1.47 bits per heavy atom. The third-order valence-corrected chi connectivity index (χ3v) is 2.51. The molecule has 0 spiro atoms. The van der Waals surface area contributed by atoms with E-state index in [-0.39, 0.29) is 5.91 Å². The fourth-order valence-electron chi connectivity index (χ4n) is 1.58. The zero-order chi connectivity index (χ0) is 11.1. The predicted molar refractivity (Wildman–Crippen MR) is 58.6 cm³/mol. The van der Waals surface area contributed by atoms with Crippen LogP contribution in [0.4, 0.5) is 0 Å². The van der Waals surface area contributed by atoms with Gasteiger partial charge in [0.25, 0.3) is 0 Å². The number of carbonyl (C=O) groups excluding carboxylic acids is 1. The van der Waals surface area contributed by atoms with Crippen LogP contribution in [0.15, 0.2) is 0 Å². The summed E-state index contributed by atoms with van der Waals surface area (Å²) in [4.78, 5) is 15.7. The van der Waals surface area contributed by atoms with E-state index in [1.807, 2.05) is 16.8 Å². The van der Waals surface area contributed by atoms with E-state index >= 15 is 0 Å². The van der Waals surface area contributed by atoms with Gasteiger partial charge in [-0.25, -0.2) is 0 Å². The van der Waals surface area contributed by atoms with Gasteiger partial charge in [0.05, 0.1) is 19.8 Å². The highest BCUT2D eigenvalue weighted by molar-refractivity contribution is 5.78. The number of morpholine rings is 1. The molecule has 1 heterocycles. The summed E-state index contributed by atoms with van der Waals surface area (Å²) in [6.07, 6.45) is 0.937. The van der Waals surface area contributed by atoms with Gasteiger partial charge < -0.3 is 15.4 Å². The van der Waals surface area contributed by atoms with Gasteiger partial charge in [0.2, 0.25) is 5.91 Å². The van der Waals surface area contributed by atoms with Crippen LogP contribution in [0.2, 0.25) is 0 Å². The Bertz CT molecular complexity index is 193. The maximum atomic E-state index is 11.8. The summed E-state index contributed by atoms with van der Waals surface area (Å²) in [6, 6.07) is 0. The van der Waals surface area contributed by atoms with E-state index in [4.69, 9.17) is 10.5 Å². The van der Waals surface area contributed by atoms with Gasteiger partial charge in [0, 0.05) is 13.1 Å². The molecule has 88 valence electrons. The lowest BCUT2D eigenvalue weighted by atomic mass is 10.3. The number of nitrogens with two attached hydrogens (primary N) is 1. The average Bonchev–Trinajstić information content (AvgIpc) is 2.27. The second-order valence-electron chi connectivity index (χ2n) is 3.87. The van der Waals surface area contributed by atoms with E-state index in [1.165, 1.54) is 0 Å². The number of carbonyl (C=O) groups is 1. The van der Waals surface area contributed by atoms with Crippen molar-refractivity contribution in [2.75, 3.05) is 53.0 Å². The fraction of sp³-hybridized carbons (Fsp3) is 0.900. The Balaban J connectivity index is 2.21. The van der Waals surface area contributed by atoms with Crippen LogP contribution in [0.1, 0.15) is 6.42 Å². The van der Waals surface area contributed by atoms with Crippen molar-refractivity contribution in [1.29, 1.82) is 0 Å². The Kier molecular flexibility index (Phi) is 5.60. The molecule has 1 aliphatic rings. The van der Waals surface area contributed by atoms with Gasteiger partial charge in [0.1, 0.15) is 0 Å². The van der Waals surface area contributed by atoms with Crippen LogP contribution in [0.25, 0.3) is 0 Å². The highest BCUT2D eigenvalue weighted by Gasteiger charge is 2.17. The maximum Gasteiger partial charge on any atom is 0.236 e. The molecule has 0 bridgehead atoms. The van der Waals surface area contributed by atoms with E-state index in [0.717, 1.165) is 26.1 Å². The molecule has 1 aliphatic heterocycles. The summed E-state index contributed by atoms with van der Waals surface area (Å²) < 4.78 is 5.20. The molecule has 5 heteroatoms. The number of rotatable bonds is 5. The van der Waals surface area contributed by atoms with Gasteiger partial charge in [-0.1, -0.05) is 0 Å². The zero-order valence-electron chi connectivity index (χ0n) is 9.45. The summed E-state index contributed by atoms with van der Waals surface area (Å²) in [6.45, 7) is 4.83. The highest BCUT2D eigenvalue weighted by Crippen LogP contribution is 1.98. The van der Waals surface area contributed by atoms with Gasteiger partial charge in [-0.3, -0.25) is 9.69 Å². The molecular weight excluding hydrogens is 194 g/mol. The number of ether oxygens (including phenoxy) is 1. The van der Waals surface area contributed by atoms with Crippen molar-refractivity contribution >= 4 is 5.91 Å². The van der Waals surface area contributed by atoms with Gasteiger partial charge in [0.15, 0.2) is 0 Å². The normalized spacial score (nSPS) is 17.1. The second-order valence-corrected chi connectivity index (χ2v) is 3.87. The monoisotopic (exact) mass is 215 g/mol. The largest absolute Gasteiger partial charge is 0.378 e. The number of amides is 1. The van der Waals surface area contributed by atoms with E-state index in [9.17, 15) is 4.79 Å². The number of hydrogen-bond acceptors (Lipinski definition) is 4. The lowest BCUT2D eigenvalue weighted by Crippen LogP contribution is -2.45. The summed E-state index contributed by atoms with van der Waals surface area (Å²) in [5, 5.41) is 0. The van der Waals surface area contributed by atoms with E-state index < -0.39 is 0 Å². The van der Waals surface area contributed by atoms with Crippen LogP contribution < -0.4 is 5.73 Å². The highest BCUT2D eigenvalue weighted by atomic mass is 16.5. The van der Waals surface area contributed by atoms with E-state index in [0.29, 0.717) is 26.3 Å². The number of nitrogens with zero attached hydrogens (tertiary/aromatic N) is 2. The van der Waals surface area contributed by atoms with Crippen molar-refractivity contribution in [1.82, 2.24) is 9.80 Å². The number of likely N-dealkylation sites (N-methyl/N-ethyl adjacent to an activating group) is 1. The molecule has 1 saturated heterocycles. The number of hydrogen-bond donors (Lipinski definition) is 1. The Hall–Kier alpha value is -0.650. The van der Waals surface area contributed by atoms with Crippen LogP contribution in [-0.2, 0) is 9.53 Å². The van der Waals surface area contributed by atoms with Crippen molar-refractivity contribution in [3.63, 3.8) is 0 Å². The summed E-state index contributed by atoms with van der Waals surface area (Å²) in [5.74, 6) is 0.192. The van der Waals surface area contributed by atoms with Gasteiger partial charge in [-0.2, -0.15) is 0 Å². The summed E-state index contributed by atoms with van der Waals surface area (Å²) in [5.41, 5.74) is 5.41. The molecule has 0 aromatic carbocycles. The second kappa shape index (κ2) is 6.76. The minimum atomic E-state index is 0.192. The quantitative estimate of drug-likeness (QED) is 0.647. The molecule has 0 radical (unpaired) electrons. The van der Waals surface area contributed by atoms with Crippen molar-refractivity contribution < 1.29 is 9.53 Å². The Morgan fingerprint density at radius 3 is 2.73 bits per heavy atom. The van der Waals surface area contributed by atoms with Crippen LogP contribution in [0, 0.1) is 0 Å². The Morgan fingerprint density at radius 2 is 2.13 bits per heavy atom. The molecule has 0 unspecified atom stereocenters. The molecule has 0 atom stereocenters.